The molecule has 2 rings (SSSR count). The summed E-state index contributed by atoms with van der Waals surface area (Å²) >= 11 is 1.54. The highest BCUT2D eigenvalue weighted by atomic mass is 32.2. The first-order chi connectivity index (χ1) is 10.1. The molecular formula is C16H21NO3S. The minimum absolute atomic E-state index is 0.0563. The molecule has 1 N–H and O–H groups in total. The number of amides is 1. The summed E-state index contributed by atoms with van der Waals surface area (Å²) in [6.45, 7) is 2.61. The number of aryl methyl sites for hydroxylation is 1. The lowest BCUT2D eigenvalue weighted by Crippen LogP contribution is -2.48. The van der Waals surface area contributed by atoms with Crippen LogP contribution in [-0.2, 0) is 15.3 Å². The van der Waals surface area contributed by atoms with Crippen molar-refractivity contribution < 1.29 is 14.7 Å². The molecule has 0 radical (unpaired) electrons. The number of carboxylic acids is 1. The van der Waals surface area contributed by atoms with Crippen LogP contribution in [-0.4, -0.2) is 40.2 Å². The van der Waals surface area contributed by atoms with Crippen molar-refractivity contribution in [1.29, 1.82) is 0 Å². The Balaban J connectivity index is 1.83. The van der Waals surface area contributed by atoms with Gasteiger partial charge in [0.25, 0.3) is 0 Å². The Hall–Kier alpha value is -1.49. The fourth-order valence-corrected chi connectivity index (χ4v) is 3.38. The zero-order valence-electron chi connectivity index (χ0n) is 12.2. The Morgan fingerprint density at radius 2 is 2.00 bits per heavy atom. The molecule has 1 aliphatic rings. The van der Waals surface area contributed by atoms with Crippen molar-refractivity contribution in [3.63, 3.8) is 0 Å². The number of thioether (sulfide) groups is 1. The molecule has 1 saturated heterocycles. The molecule has 0 unspecified atom stereocenters. The van der Waals surface area contributed by atoms with Crippen molar-refractivity contribution >= 4 is 23.6 Å². The van der Waals surface area contributed by atoms with Crippen LogP contribution in [0.4, 0.5) is 0 Å². The molecule has 0 aliphatic carbocycles. The van der Waals surface area contributed by atoms with Crippen LogP contribution in [0.25, 0.3) is 0 Å². The molecule has 1 fully saturated rings. The fourth-order valence-electron chi connectivity index (χ4n) is 2.51. The first-order valence-corrected chi connectivity index (χ1v) is 8.39. The van der Waals surface area contributed by atoms with Crippen LogP contribution >= 0.6 is 11.8 Å². The molecule has 1 aromatic rings. The van der Waals surface area contributed by atoms with E-state index in [1.54, 1.807) is 11.8 Å². The molecule has 114 valence electrons. The number of carbonyl (C=O) groups is 2. The van der Waals surface area contributed by atoms with E-state index in [1.165, 1.54) is 16.0 Å². The monoisotopic (exact) mass is 307 g/mol. The van der Waals surface area contributed by atoms with E-state index in [0.717, 1.165) is 18.6 Å². The van der Waals surface area contributed by atoms with E-state index < -0.39 is 12.0 Å². The maximum Gasteiger partial charge on any atom is 0.326 e. The molecule has 1 amide bonds. The molecule has 1 atom stereocenters. The van der Waals surface area contributed by atoms with Gasteiger partial charge in [-0.05, 0) is 31.7 Å². The summed E-state index contributed by atoms with van der Waals surface area (Å²) in [5, 5.41) is 9.19. The minimum atomic E-state index is -0.883. The van der Waals surface area contributed by atoms with E-state index in [1.807, 2.05) is 6.92 Å². The van der Waals surface area contributed by atoms with Crippen LogP contribution in [0.1, 0.15) is 30.4 Å². The number of rotatable bonds is 5. The van der Waals surface area contributed by atoms with Gasteiger partial charge in [-0.3, -0.25) is 4.79 Å². The summed E-state index contributed by atoms with van der Waals surface area (Å²) in [4.78, 5) is 24.9. The number of hydrogen-bond acceptors (Lipinski definition) is 3. The van der Waals surface area contributed by atoms with E-state index in [-0.39, 0.29) is 5.91 Å². The van der Waals surface area contributed by atoms with Gasteiger partial charge in [0.1, 0.15) is 6.04 Å². The topological polar surface area (TPSA) is 57.6 Å². The maximum atomic E-state index is 12.2. The van der Waals surface area contributed by atoms with Crippen LogP contribution in [0, 0.1) is 6.92 Å². The molecule has 21 heavy (non-hydrogen) atoms. The second-order valence-corrected chi connectivity index (χ2v) is 6.40. The maximum absolute atomic E-state index is 12.2. The number of likely N-dealkylation sites (tertiary alicyclic amines) is 1. The summed E-state index contributed by atoms with van der Waals surface area (Å²) in [5.74, 6) is 0.181. The van der Waals surface area contributed by atoms with Gasteiger partial charge < -0.3 is 10.0 Å². The van der Waals surface area contributed by atoms with E-state index in [9.17, 15) is 14.7 Å². The highest BCUT2D eigenvalue weighted by Crippen LogP contribution is 2.20. The third-order valence-electron chi connectivity index (χ3n) is 3.72. The van der Waals surface area contributed by atoms with Crippen molar-refractivity contribution in [3.8, 4) is 0 Å². The van der Waals surface area contributed by atoms with Crippen molar-refractivity contribution in [1.82, 2.24) is 4.90 Å². The molecule has 1 aromatic carbocycles. The van der Waals surface area contributed by atoms with Gasteiger partial charge >= 0.3 is 5.97 Å². The fraction of sp³-hybridized carbons (Fsp3) is 0.500. The number of benzene rings is 1. The van der Waals surface area contributed by atoms with Gasteiger partial charge in [-0.25, -0.2) is 4.79 Å². The van der Waals surface area contributed by atoms with E-state index in [4.69, 9.17) is 0 Å². The molecule has 0 spiro atoms. The first-order valence-electron chi connectivity index (χ1n) is 7.23. The van der Waals surface area contributed by atoms with Crippen LogP contribution in [0.2, 0.25) is 0 Å². The van der Waals surface area contributed by atoms with Crippen molar-refractivity contribution in [2.24, 2.45) is 0 Å². The van der Waals surface area contributed by atoms with Crippen molar-refractivity contribution in [2.45, 2.75) is 38.0 Å². The number of carbonyl (C=O) groups excluding carboxylic acids is 1. The highest BCUT2D eigenvalue weighted by molar-refractivity contribution is 7.99. The Morgan fingerprint density at radius 1 is 1.29 bits per heavy atom. The molecule has 4 nitrogen and oxygen atoms in total. The van der Waals surface area contributed by atoms with Crippen LogP contribution in [0.15, 0.2) is 24.3 Å². The lowest BCUT2D eigenvalue weighted by molar-refractivity contribution is -0.150. The average molecular weight is 307 g/mol. The second-order valence-electron chi connectivity index (χ2n) is 5.42. The largest absolute Gasteiger partial charge is 0.480 e. The number of nitrogens with zero attached hydrogens (tertiary/aromatic N) is 1. The predicted octanol–water partition coefficient (Wildman–Crippen LogP) is 2.69. The van der Waals surface area contributed by atoms with Gasteiger partial charge in [0.2, 0.25) is 5.91 Å². The zero-order chi connectivity index (χ0) is 15.2. The lowest BCUT2D eigenvalue weighted by Gasteiger charge is -2.32. The van der Waals surface area contributed by atoms with E-state index in [0.29, 0.717) is 18.7 Å². The van der Waals surface area contributed by atoms with Gasteiger partial charge in [-0.1, -0.05) is 29.8 Å². The average Bonchev–Trinajstić information content (AvgIpc) is 2.49. The molecule has 0 aromatic heterocycles. The SMILES string of the molecule is Cc1ccc(CSCC(=O)N2CCCC[C@@H]2C(=O)O)cc1. The third kappa shape index (κ3) is 4.49. The Labute approximate surface area is 129 Å². The number of aliphatic carboxylic acids is 1. The highest BCUT2D eigenvalue weighted by Gasteiger charge is 2.31. The van der Waals surface area contributed by atoms with Crippen molar-refractivity contribution in [3.05, 3.63) is 35.4 Å². The van der Waals surface area contributed by atoms with Gasteiger partial charge in [-0.2, -0.15) is 0 Å². The van der Waals surface area contributed by atoms with Gasteiger partial charge in [0.05, 0.1) is 5.75 Å². The molecule has 0 bridgehead atoms. The normalized spacial score (nSPS) is 18.5. The molecule has 5 heteroatoms. The minimum Gasteiger partial charge on any atom is -0.480 e. The molecular weight excluding hydrogens is 286 g/mol. The van der Waals surface area contributed by atoms with Gasteiger partial charge in [-0.15, -0.1) is 11.8 Å². The van der Waals surface area contributed by atoms with E-state index >= 15 is 0 Å². The molecule has 1 aliphatic heterocycles. The smallest absolute Gasteiger partial charge is 0.326 e. The third-order valence-corrected chi connectivity index (χ3v) is 4.71. The first kappa shape index (κ1) is 15.9. The summed E-state index contributed by atoms with van der Waals surface area (Å²) < 4.78 is 0. The van der Waals surface area contributed by atoms with Gasteiger partial charge in [0, 0.05) is 12.3 Å². The van der Waals surface area contributed by atoms with Crippen LogP contribution < -0.4 is 0 Å². The zero-order valence-corrected chi connectivity index (χ0v) is 13.1. The summed E-state index contributed by atoms with van der Waals surface area (Å²) in [6.07, 6.45) is 2.36. The lowest BCUT2D eigenvalue weighted by atomic mass is 10.0. The van der Waals surface area contributed by atoms with Crippen molar-refractivity contribution in [2.75, 3.05) is 12.3 Å². The number of carboxylic acid groups (broad SMARTS) is 1. The Morgan fingerprint density at radius 3 is 2.67 bits per heavy atom. The summed E-state index contributed by atoms with van der Waals surface area (Å²) in [7, 11) is 0. The van der Waals surface area contributed by atoms with Gasteiger partial charge in [0.15, 0.2) is 0 Å². The number of hydrogen-bond donors (Lipinski definition) is 1. The molecule has 1 heterocycles. The quantitative estimate of drug-likeness (QED) is 0.908. The second kappa shape index (κ2) is 7.50. The van der Waals surface area contributed by atoms with Crippen LogP contribution in [0.3, 0.4) is 0 Å². The summed E-state index contributed by atoms with van der Waals surface area (Å²) in [5.41, 5.74) is 2.41. The number of piperidine rings is 1. The standard InChI is InChI=1S/C16H21NO3S/c1-12-5-7-13(8-6-12)10-21-11-15(18)17-9-3-2-4-14(17)16(19)20/h5-8,14H,2-4,9-11H2,1H3,(H,19,20)/t14-/m1/s1. The van der Waals surface area contributed by atoms with E-state index in [2.05, 4.69) is 24.3 Å². The predicted molar refractivity (Wildman–Crippen MR) is 84.3 cm³/mol. The summed E-state index contributed by atoms with van der Waals surface area (Å²) in [6, 6.07) is 7.61. The Kier molecular flexibility index (Phi) is 5.67. The van der Waals surface area contributed by atoms with Crippen LogP contribution in [0.5, 0.6) is 0 Å². The molecule has 0 saturated carbocycles. The Bertz CT molecular complexity index is 501.